The molecule has 6 aromatic rings. The number of hydrogen-bond donors (Lipinski definition) is 2. The zero-order valence-electron chi connectivity index (χ0n) is 30.7. The highest BCUT2D eigenvalue weighted by Crippen LogP contribution is 2.37. The minimum absolute atomic E-state index is 0.123. The van der Waals surface area contributed by atoms with Crippen LogP contribution in [0.1, 0.15) is 91.0 Å². The average Bonchev–Trinajstić information content (AvgIpc) is 3.91. The Hall–Kier alpha value is -5.38. The molecule has 10 nitrogen and oxygen atoms in total. The van der Waals surface area contributed by atoms with Crippen LogP contribution in [0.2, 0.25) is 0 Å². The summed E-state index contributed by atoms with van der Waals surface area (Å²) in [5.74, 6) is 1.59. The van der Waals surface area contributed by atoms with Crippen LogP contribution in [0.15, 0.2) is 72.9 Å². The van der Waals surface area contributed by atoms with E-state index in [4.69, 9.17) is 19.4 Å². The summed E-state index contributed by atoms with van der Waals surface area (Å²) < 4.78 is 11.4. The predicted molar refractivity (Wildman–Crippen MR) is 204 cm³/mol. The summed E-state index contributed by atoms with van der Waals surface area (Å²) in [6.07, 6.45) is 4.80. The third-order valence-corrected chi connectivity index (χ3v) is 9.96. The first-order chi connectivity index (χ1) is 24.8. The molecular formula is C42H46N6O4. The first kappa shape index (κ1) is 33.7. The Kier molecular flexibility index (Phi) is 8.23. The van der Waals surface area contributed by atoms with Crippen LogP contribution < -0.4 is 0 Å². The fraction of sp³-hybridized carbons (Fsp3) is 0.381. The minimum Gasteiger partial charge on any atom is -0.444 e. The summed E-state index contributed by atoms with van der Waals surface area (Å²) in [5.41, 5.74) is 5.02. The fourth-order valence-electron chi connectivity index (χ4n) is 7.59. The first-order valence-corrected chi connectivity index (χ1v) is 18.3. The number of aromatic amines is 2. The number of H-pyrrole nitrogens is 2. The molecule has 0 spiro atoms. The first-order valence-electron chi connectivity index (χ1n) is 18.3. The van der Waals surface area contributed by atoms with Crippen LogP contribution in [0.4, 0.5) is 9.59 Å². The highest BCUT2D eigenvalue weighted by Gasteiger charge is 2.36. The van der Waals surface area contributed by atoms with E-state index in [0.29, 0.717) is 13.1 Å². The molecule has 2 atom stereocenters. The van der Waals surface area contributed by atoms with Crippen LogP contribution in [0, 0.1) is 0 Å². The van der Waals surface area contributed by atoms with Crippen LogP contribution in [-0.4, -0.2) is 66.2 Å². The van der Waals surface area contributed by atoms with Crippen molar-refractivity contribution >= 4 is 44.8 Å². The summed E-state index contributed by atoms with van der Waals surface area (Å²) in [6, 6.07) is 23.5. The van der Waals surface area contributed by atoms with Crippen LogP contribution in [-0.2, 0) is 9.47 Å². The van der Waals surface area contributed by atoms with E-state index in [1.165, 1.54) is 0 Å². The Morgan fingerprint density at radius 2 is 1.21 bits per heavy atom. The van der Waals surface area contributed by atoms with Crippen molar-refractivity contribution in [1.82, 2.24) is 29.7 Å². The van der Waals surface area contributed by atoms with Crippen LogP contribution in [0.25, 0.3) is 55.0 Å². The van der Waals surface area contributed by atoms with E-state index in [1.807, 2.05) is 47.7 Å². The molecule has 2 N–H and O–H groups in total. The van der Waals surface area contributed by atoms with Gasteiger partial charge in [-0.2, -0.15) is 0 Å². The average molecular weight is 699 g/mol. The van der Waals surface area contributed by atoms with Gasteiger partial charge in [0.1, 0.15) is 22.9 Å². The van der Waals surface area contributed by atoms with Gasteiger partial charge in [-0.3, -0.25) is 9.80 Å². The number of hydrogen-bond acceptors (Lipinski definition) is 6. The summed E-state index contributed by atoms with van der Waals surface area (Å²) in [5, 5.41) is 4.49. The Morgan fingerprint density at radius 1 is 0.673 bits per heavy atom. The number of ether oxygens (including phenoxy) is 2. The standard InChI is InChI=1S/C42H46N6O4/c1-41(2,3)51-39(49)47-19-7-9-34(47)37-43-24-33(45-37)30-14-13-26-21-25(11-12-27(26)23-30)28-15-17-31-29(22-28)16-18-32-36(31)46-38(44-32)35-10-8-20-48(35)40(50)52-42(4,5)6/h11-18,21-24,34-35H,7-10,19-20H2,1-6H3,(H,43,45)(H,44,46). The molecule has 0 radical (unpaired) electrons. The third-order valence-electron chi connectivity index (χ3n) is 9.96. The molecule has 52 heavy (non-hydrogen) atoms. The number of carbonyl (C=O) groups excluding carboxylic acids is 2. The number of fused-ring (bicyclic) bond motifs is 4. The van der Waals surface area contributed by atoms with E-state index in [-0.39, 0.29) is 24.3 Å². The van der Waals surface area contributed by atoms with Gasteiger partial charge in [-0.25, -0.2) is 19.6 Å². The number of nitrogens with one attached hydrogen (secondary N) is 2. The lowest BCUT2D eigenvalue weighted by Crippen LogP contribution is -2.36. The second-order valence-corrected chi connectivity index (χ2v) is 16.1. The van der Waals surface area contributed by atoms with Gasteiger partial charge in [-0.1, -0.05) is 42.5 Å². The van der Waals surface area contributed by atoms with E-state index in [9.17, 15) is 9.59 Å². The van der Waals surface area contributed by atoms with E-state index in [2.05, 4.69) is 76.7 Å². The quantitative estimate of drug-likeness (QED) is 0.189. The molecule has 2 saturated heterocycles. The van der Waals surface area contributed by atoms with Crippen molar-refractivity contribution in [3.05, 3.63) is 84.6 Å². The number of nitrogens with zero attached hydrogens (tertiary/aromatic N) is 4. The third kappa shape index (κ3) is 6.58. The van der Waals surface area contributed by atoms with Gasteiger partial charge in [0.15, 0.2) is 0 Å². The molecule has 4 heterocycles. The van der Waals surface area contributed by atoms with E-state index < -0.39 is 11.2 Å². The van der Waals surface area contributed by atoms with Gasteiger partial charge in [0.25, 0.3) is 0 Å². The largest absolute Gasteiger partial charge is 0.444 e. The Bertz CT molecular complexity index is 2330. The van der Waals surface area contributed by atoms with Gasteiger partial charge in [0, 0.05) is 24.0 Å². The summed E-state index contributed by atoms with van der Waals surface area (Å²) >= 11 is 0. The highest BCUT2D eigenvalue weighted by molar-refractivity contribution is 6.05. The molecule has 2 aromatic heterocycles. The maximum Gasteiger partial charge on any atom is 0.410 e. The van der Waals surface area contributed by atoms with Gasteiger partial charge in [-0.15, -0.1) is 0 Å². The molecule has 0 aliphatic carbocycles. The molecule has 0 saturated carbocycles. The van der Waals surface area contributed by atoms with Crippen molar-refractivity contribution in [2.75, 3.05) is 13.1 Å². The van der Waals surface area contributed by atoms with E-state index in [1.54, 1.807) is 9.80 Å². The van der Waals surface area contributed by atoms with Gasteiger partial charge in [-0.05, 0) is 119 Å². The number of amides is 2. The van der Waals surface area contributed by atoms with Gasteiger partial charge >= 0.3 is 12.2 Å². The van der Waals surface area contributed by atoms with Crippen molar-refractivity contribution in [2.45, 2.75) is 90.5 Å². The summed E-state index contributed by atoms with van der Waals surface area (Å²) in [7, 11) is 0. The highest BCUT2D eigenvalue weighted by atomic mass is 16.6. The number of benzene rings is 4. The number of imidazole rings is 2. The second-order valence-electron chi connectivity index (χ2n) is 16.1. The summed E-state index contributed by atoms with van der Waals surface area (Å²) in [6.45, 7) is 12.7. The van der Waals surface area contributed by atoms with E-state index >= 15 is 0 Å². The maximum atomic E-state index is 13.0. The van der Waals surface area contributed by atoms with Gasteiger partial charge < -0.3 is 19.4 Å². The molecule has 4 aromatic carbocycles. The molecule has 2 fully saturated rings. The van der Waals surface area contributed by atoms with Gasteiger partial charge in [0.05, 0.1) is 35.0 Å². The van der Waals surface area contributed by atoms with Crippen molar-refractivity contribution in [1.29, 1.82) is 0 Å². The van der Waals surface area contributed by atoms with Crippen LogP contribution >= 0.6 is 0 Å². The predicted octanol–water partition coefficient (Wildman–Crippen LogP) is 10.1. The SMILES string of the molecule is CC(C)(C)OC(=O)N1CCCC1c1ncc(-c2ccc3cc(-c4ccc5c(ccc6nc(C7CCCN7C(=O)OC(C)(C)C)[nH]c65)c4)ccc3c2)[nH]1. The van der Waals surface area contributed by atoms with Gasteiger partial charge in [0.2, 0.25) is 0 Å². The minimum atomic E-state index is -0.546. The topological polar surface area (TPSA) is 116 Å². The van der Waals surface area contributed by atoms with Crippen molar-refractivity contribution in [2.24, 2.45) is 0 Å². The molecule has 2 aliphatic rings. The van der Waals surface area contributed by atoms with Crippen LogP contribution in [0.5, 0.6) is 0 Å². The molecule has 10 heteroatoms. The fourth-order valence-corrected chi connectivity index (χ4v) is 7.59. The molecule has 0 bridgehead atoms. The number of aromatic nitrogens is 4. The van der Waals surface area contributed by atoms with Crippen molar-refractivity contribution in [3.63, 3.8) is 0 Å². The number of rotatable bonds is 4. The lowest BCUT2D eigenvalue weighted by Gasteiger charge is -2.27. The van der Waals surface area contributed by atoms with Crippen molar-refractivity contribution < 1.29 is 19.1 Å². The lowest BCUT2D eigenvalue weighted by molar-refractivity contribution is 0.0208. The molecular weight excluding hydrogens is 652 g/mol. The molecule has 2 amide bonds. The second kappa shape index (κ2) is 12.7. The lowest BCUT2D eigenvalue weighted by atomic mass is 9.97. The molecule has 8 rings (SSSR count). The Labute approximate surface area is 303 Å². The zero-order valence-corrected chi connectivity index (χ0v) is 30.7. The maximum absolute atomic E-state index is 13.0. The Balaban J connectivity index is 1.02. The normalized spacial score (nSPS) is 18.2. The monoisotopic (exact) mass is 698 g/mol. The van der Waals surface area contributed by atoms with E-state index in [0.717, 1.165) is 92.3 Å². The van der Waals surface area contributed by atoms with Crippen molar-refractivity contribution in [3.8, 4) is 22.4 Å². The van der Waals surface area contributed by atoms with Crippen LogP contribution in [0.3, 0.4) is 0 Å². The molecule has 2 unspecified atom stereocenters. The molecule has 2 aliphatic heterocycles. The number of likely N-dealkylation sites (tertiary alicyclic amines) is 2. The summed E-state index contributed by atoms with van der Waals surface area (Å²) in [4.78, 5) is 46.1. The number of carbonyl (C=O) groups is 2. The molecule has 268 valence electrons. The smallest absolute Gasteiger partial charge is 0.410 e. The zero-order chi connectivity index (χ0) is 36.4. The Morgan fingerprint density at radius 3 is 1.85 bits per heavy atom.